The van der Waals surface area contributed by atoms with Crippen LogP contribution in [0, 0.1) is 5.92 Å². The summed E-state index contributed by atoms with van der Waals surface area (Å²) in [5.41, 5.74) is 0.856. The lowest BCUT2D eigenvalue weighted by Crippen LogP contribution is -2.53. The quantitative estimate of drug-likeness (QED) is 0.796. The van der Waals surface area contributed by atoms with Gasteiger partial charge in [-0.1, -0.05) is 0 Å². The Kier molecular flexibility index (Phi) is 4.60. The van der Waals surface area contributed by atoms with E-state index in [1.165, 1.54) is 10.9 Å². The monoisotopic (exact) mass is 435 g/mol. The molecule has 11 heteroatoms. The summed E-state index contributed by atoms with van der Waals surface area (Å²) in [6.07, 6.45) is 0.274. The molecule has 2 aromatic heterocycles. The standard InChI is InChI=1S/C20H24F3N7O/c1-11-18(31)30-6-3-4-14-16(30)17(28(11)2)26-19(25-14)24-13-8-12(9-13)10-29-7-5-15(27-29)20(21,22)23/h5,7,11-13H,3-4,6,8-10H2,1-2H3,(H,24,25,26)/t11-,12?,13?/m0/s1. The molecule has 0 bridgehead atoms. The molecule has 2 aliphatic heterocycles. The minimum atomic E-state index is -4.41. The van der Waals surface area contributed by atoms with Crippen LogP contribution in [0.2, 0.25) is 0 Å². The van der Waals surface area contributed by atoms with E-state index in [2.05, 4.69) is 15.4 Å². The van der Waals surface area contributed by atoms with E-state index in [1.54, 1.807) is 4.90 Å². The first-order valence-corrected chi connectivity index (χ1v) is 10.5. The lowest BCUT2D eigenvalue weighted by Gasteiger charge is -2.42. The number of aryl methyl sites for hydroxylation is 1. The summed E-state index contributed by atoms with van der Waals surface area (Å²) >= 11 is 0. The molecule has 0 radical (unpaired) electrons. The van der Waals surface area contributed by atoms with Crippen LogP contribution in [-0.2, 0) is 23.9 Å². The predicted molar refractivity (Wildman–Crippen MR) is 108 cm³/mol. The lowest BCUT2D eigenvalue weighted by atomic mass is 9.80. The van der Waals surface area contributed by atoms with Crippen molar-refractivity contribution in [2.45, 2.75) is 57.4 Å². The predicted octanol–water partition coefficient (Wildman–Crippen LogP) is 2.70. The molecule has 1 N–H and O–H groups in total. The molecule has 2 aromatic rings. The number of amides is 1. The molecule has 1 amide bonds. The topological polar surface area (TPSA) is 79.2 Å². The number of rotatable bonds is 4. The van der Waals surface area contributed by atoms with Crippen molar-refractivity contribution >= 4 is 23.4 Å². The Labute approximate surface area is 177 Å². The number of anilines is 3. The van der Waals surface area contributed by atoms with Gasteiger partial charge in [-0.3, -0.25) is 9.48 Å². The number of halogens is 3. The number of alkyl halides is 3. The fourth-order valence-electron chi connectivity index (χ4n) is 4.63. The Morgan fingerprint density at radius 3 is 2.74 bits per heavy atom. The molecule has 0 spiro atoms. The van der Waals surface area contributed by atoms with Crippen molar-refractivity contribution < 1.29 is 18.0 Å². The number of carbonyl (C=O) groups excluding carboxylic acids is 1. The fraction of sp³-hybridized carbons (Fsp3) is 0.600. The summed E-state index contributed by atoms with van der Waals surface area (Å²) in [6.45, 7) is 3.04. The van der Waals surface area contributed by atoms with E-state index in [1.807, 2.05) is 18.9 Å². The molecule has 1 aliphatic carbocycles. The summed E-state index contributed by atoms with van der Waals surface area (Å²) < 4.78 is 39.5. The van der Waals surface area contributed by atoms with E-state index < -0.39 is 11.9 Å². The van der Waals surface area contributed by atoms with E-state index in [0.717, 1.165) is 48.9 Å². The van der Waals surface area contributed by atoms with Crippen LogP contribution >= 0.6 is 0 Å². The molecule has 0 saturated heterocycles. The lowest BCUT2D eigenvalue weighted by molar-refractivity contribution is -0.141. The summed E-state index contributed by atoms with van der Waals surface area (Å²) in [5.74, 6) is 1.65. The minimum absolute atomic E-state index is 0.0781. The zero-order valence-corrected chi connectivity index (χ0v) is 17.4. The van der Waals surface area contributed by atoms with Gasteiger partial charge in [0.25, 0.3) is 0 Å². The van der Waals surface area contributed by atoms with E-state index in [9.17, 15) is 18.0 Å². The summed E-state index contributed by atoms with van der Waals surface area (Å²) in [4.78, 5) is 25.7. The SMILES string of the molecule is C[C@H]1C(=O)N2CCCc3nc(NC4CC(Cn5ccc(C(F)(F)F)n5)C4)nc(c32)N1C. The van der Waals surface area contributed by atoms with Crippen LogP contribution in [0.3, 0.4) is 0 Å². The van der Waals surface area contributed by atoms with Crippen LogP contribution in [0.15, 0.2) is 12.3 Å². The highest BCUT2D eigenvalue weighted by atomic mass is 19.4. The van der Waals surface area contributed by atoms with Crippen LogP contribution < -0.4 is 15.1 Å². The first kappa shape index (κ1) is 20.1. The van der Waals surface area contributed by atoms with Gasteiger partial charge in [0.15, 0.2) is 11.5 Å². The molecule has 1 fully saturated rings. The second kappa shape index (κ2) is 7.10. The maximum atomic E-state index is 12.7. The van der Waals surface area contributed by atoms with Crippen molar-refractivity contribution in [3.8, 4) is 0 Å². The molecule has 1 atom stereocenters. The molecule has 4 heterocycles. The van der Waals surface area contributed by atoms with Gasteiger partial charge >= 0.3 is 6.18 Å². The van der Waals surface area contributed by atoms with Gasteiger partial charge in [-0.25, -0.2) is 4.98 Å². The third kappa shape index (κ3) is 3.49. The summed E-state index contributed by atoms with van der Waals surface area (Å²) in [6, 6.07) is 0.900. The zero-order valence-electron chi connectivity index (χ0n) is 17.4. The van der Waals surface area contributed by atoms with Gasteiger partial charge in [-0.2, -0.15) is 23.3 Å². The number of nitrogens with one attached hydrogen (secondary N) is 1. The molecule has 0 aromatic carbocycles. The van der Waals surface area contributed by atoms with Crippen LogP contribution in [0.1, 0.15) is 37.6 Å². The maximum absolute atomic E-state index is 12.7. The highest BCUT2D eigenvalue weighted by molar-refractivity contribution is 6.05. The zero-order chi connectivity index (χ0) is 21.9. The fourth-order valence-corrected chi connectivity index (χ4v) is 4.63. The Balaban J connectivity index is 1.25. The summed E-state index contributed by atoms with van der Waals surface area (Å²) in [7, 11) is 1.87. The average Bonchev–Trinajstić information content (AvgIpc) is 3.17. The molecular formula is C20H24F3N7O. The molecule has 1 saturated carbocycles. The third-order valence-corrected chi connectivity index (χ3v) is 6.49. The van der Waals surface area contributed by atoms with Crippen LogP contribution in [0.5, 0.6) is 0 Å². The Morgan fingerprint density at radius 2 is 2.03 bits per heavy atom. The number of nitrogens with zero attached hydrogens (tertiary/aromatic N) is 6. The number of likely N-dealkylation sites (N-methyl/N-ethyl adjacent to an activating group) is 1. The highest BCUT2D eigenvalue weighted by Crippen LogP contribution is 2.40. The number of hydrogen-bond acceptors (Lipinski definition) is 6. The van der Waals surface area contributed by atoms with Gasteiger partial charge in [-0.05, 0) is 44.6 Å². The molecule has 166 valence electrons. The van der Waals surface area contributed by atoms with Crippen molar-refractivity contribution in [1.82, 2.24) is 19.7 Å². The van der Waals surface area contributed by atoms with Crippen molar-refractivity contribution in [1.29, 1.82) is 0 Å². The van der Waals surface area contributed by atoms with Gasteiger partial charge in [0, 0.05) is 32.4 Å². The largest absolute Gasteiger partial charge is 0.435 e. The van der Waals surface area contributed by atoms with Crippen molar-refractivity contribution in [2.75, 3.05) is 28.7 Å². The molecule has 5 rings (SSSR count). The normalized spacial score (nSPS) is 25.3. The van der Waals surface area contributed by atoms with Crippen LogP contribution in [-0.4, -0.2) is 51.3 Å². The highest BCUT2D eigenvalue weighted by Gasteiger charge is 2.39. The molecule has 0 unspecified atom stereocenters. The van der Waals surface area contributed by atoms with E-state index in [-0.39, 0.29) is 23.9 Å². The van der Waals surface area contributed by atoms with Gasteiger partial charge in [-0.15, -0.1) is 0 Å². The minimum Gasteiger partial charge on any atom is -0.351 e. The Hall–Kier alpha value is -2.85. The third-order valence-electron chi connectivity index (χ3n) is 6.49. The average molecular weight is 435 g/mol. The summed E-state index contributed by atoms with van der Waals surface area (Å²) in [5, 5.41) is 7.00. The first-order valence-electron chi connectivity index (χ1n) is 10.5. The van der Waals surface area contributed by atoms with E-state index >= 15 is 0 Å². The number of carbonyl (C=O) groups is 1. The van der Waals surface area contributed by atoms with Crippen molar-refractivity contribution in [3.05, 3.63) is 23.7 Å². The Morgan fingerprint density at radius 1 is 1.26 bits per heavy atom. The van der Waals surface area contributed by atoms with E-state index in [0.29, 0.717) is 19.0 Å². The van der Waals surface area contributed by atoms with E-state index in [4.69, 9.17) is 4.98 Å². The molecule has 8 nitrogen and oxygen atoms in total. The smallest absolute Gasteiger partial charge is 0.351 e. The number of aromatic nitrogens is 4. The second-order valence-corrected chi connectivity index (χ2v) is 8.65. The first-order chi connectivity index (χ1) is 14.7. The van der Waals surface area contributed by atoms with Crippen molar-refractivity contribution in [2.24, 2.45) is 5.92 Å². The van der Waals surface area contributed by atoms with Crippen LogP contribution in [0.4, 0.5) is 30.6 Å². The van der Waals surface area contributed by atoms with Gasteiger partial charge in [0.1, 0.15) is 11.7 Å². The molecule has 31 heavy (non-hydrogen) atoms. The number of hydrogen-bond donors (Lipinski definition) is 1. The van der Waals surface area contributed by atoms with Crippen LogP contribution in [0.25, 0.3) is 0 Å². The molecule has 3 aliphatic rings. The van der Waals surface area contributed by atoms with Crippen molar-refractivity contribution in [3.63, 3.8) is 0 Å². The van der Waals surface area contributed by atoms with Gasteiger partial charge in [0.05, 0.1) is 5.69 Å². The maximum Gasteiger partial charge on any atom is 0.435 e. The Bertz CT molecular complexity index is 1010. The van der Waals surface area contributed by atoms with Gasteiger partial charge < -0.3 is 15.1 Å². The molecular weight excluding hydrogens is 411 g/mol. The van der Waals surface area contributed by atoms with Gasteiger partial charge in [0.2, 0.25) is 11.9 Å². The second-order valence-electron chi connectivity index (χ2n) is 8.65.